The minimum atomic E-state index is -0.606. The minimum Gasteiger partial charge on any atom is -0.507 e. The molecule has 0 aliphatic carbocycles. The highest BCUT2D eigenvalue weighted by molar-refractivity contribution is 6.45. The van der Waals surface area contributed by atoms with Crippen LogP contribution in [-0.2, 0) is 4.79 Å². The van der Waals surface area contributed by atoms with Crippen molar-refractivity contribution in [2.45, 2.75) is 39.8 Å². The molecule has 0 fully saturated rings. The SMILES string of the molecule is CC(C)N(C(=O)C(=O)c1c[nH]c2cccc(O)c12)C(C)C. The summed E-state index contributed by atoms with van der Waals surface area (Å²) in [6.07, 6.45) is 1.48. The third kappa shape index (κ3) is 2.63. The lowest BCUT2D eigenvalue weighted by atomic mass is 10.1. The van der Waals surface area contributed by atoms with Gasteiger partial charge in [0.15, 0.2) is 0 Å². The lowest BCUT2D eigenvalue weighted by Gasteiger charge is -2.29. The Balaban J connectivity index is 2.45. The molecule has 5 nitrogen and oxygen atoms in total. The molecule has 0 bridgehead atoms. The van der Waals surface area contributed by atoms with Crippen LogP contribution in [0.1, 0.15) is 38.1 Å². The van der Waals surface area contributed by atoms with E-state index in [-0.39, 0.29) is 23.4 Å². The van der Waals surface area contributed by atoms with Crippen LogP contribution < -0.4 is 0 Å². The van der Waals surface area contributed by atoms with Crippen molar-refractivity contribution < 1.29 is 14.7 Å². The number of phenols is 1. The van der Waals surface area contributed by atoms with Crippen LogP contribution in [0.25, 0.3) is 10.9 Å². The van der Waals surface area contributed by atoms with Crippen molar-refractivity contribution in [1.82, 2.24) is 9.88 Å². The molecule has 0 spiro atoms. The number of ketones is 1. The summed E-state index contributed by atoms with van der Waals surface area (Å²) in [7, 11) is 0. The number of nitrogens with zero attached hydrogens (tertiary/aromatic N) is 1. The molecule has 0 aliphatic rings. The highest BCUT2D eigenvalue weighted by Crippen LogP contribution is 2.28. The quantitative estimate of drug-likeness (QED) is 0.671. The van der Waals surface area contributed by atoms with Gasteiger partial charge in [0.25, 0.3) is 11.7 Å². The Morgan fingerprint density at radius 1 is 1.14 bits per heavy atom. The number of rotatable bonds is 4. The molecular formula is C16H20N2O3. The highest BCUT2D eigenvalue weighted by atomic mass is 16.3. The average Bonchev–Trinajstić information content (AvgIpc) is 2.82. The molecule has 0 saturated carbocycles. The van der Waals surface area contributed by atoms with Crippen LogP contribution in [0.15, 0.2) is 24.4 Å². The topological polar surface area (TPSA) is 73.4 Å². The maximum absolute atomic E-state index is 12.5. The van der Waals surface area contributed by atoms with Crippen LogP contribution in [-0.4, -0.2) is 38.8 Å². The number of fused-ring (bicyclic) bond motifs is 1. The standard InChI is InChI=1S/C16H20N2O3/c1-9(2)18(10(3)4)16(21)15(20)11-8-17-12-6-5-7-13(19)14(11)12/h5-10,17,19H,1-4H3. The third-order valence-corrected chi connectivity index (χ3v) is 3.47. The van der Waals surface area contributed by atoms with E-state index in [1.807, 2.05) is 27.7 Å². The summed E-state index contributed by atoms with van der Waals surface area (Å²) in [5, 5.41) is 10.3. The van der Waals surface area contributed by atoms with Gasteiger partial charge in [0.1, 0.15) is 5.75 Å². The highest BCUT2D eigenvalue weighted by Gasteiger charge is 2.29. The second-order valence-corrected chi connectivity index (χ2v) is 5.63. The largest absolute Gasteiger partial charge is 0.507 e. The molecule has 1 aromatic carbocycles. The van der Waals surface area contributed by atoms with E-state index < -0.39 is 11.7 Å². The maximum Gasteiger partial charge on any atom is 0.295 e. The Morgan fingerprint density at radius 2 is 1.76 bits per heavy atom. The van der Waals surface area contributed by atoms with Gasteiger partial charge in [-0.15, -0.1) is 0 Å². The van der Waals surface area contributed by atoms with Crippen molar-refractivity contribution in [2.24, 2.45) is 0 Å². The molecule has 2 aromatic rings. The van der Waals surface area contributed by atoms with Gasteiger partial charge in [-0.1, -0.05) is 6.07 Å². The van der Waals surface area contributed by atoms with Crippen LogP contribution in [0.5, 0.6) is 5.75 Å². The molecule has 1 heterocycles. The number of carbonyl (C=O) groups is 2. The van der Waals surface area contributed by atoms with E-state index in [9.17, 15) is 14.7 Å². The van der Waals surface area contributed by atoms with E-state index in [0.717, 1.165) is 0 Å². The molecule has 1 amide bonds. The number of hydrogen-bond donors (Lipinski definition) is 2. The first-order valence-corrected chi connectivity index (χ1v) is 7.00. The Kier molecular flexibility index (Phi) is 4.02. The summed E-state index contributed by atoms with van der Waals surface area (Å²) >= 11 is 0. The van der Waals surface area contributed by atoms with Crippen molar-refractivity contribution in [3.63, 3.8) is 0 Å². The molecule has 21 heavy (non-hydrogen) atoms. The normalized spacial score (nSPS) is 11.3. The van der Waals surface area contributed by atoms with Gasteiger partial charge in [-0.2, -0.15) is 0 Å². The first-order valence-electron chi connectivity index (χ1n) is 7.00. The second kappa shape index (κ2) is 5.60. The lowest BCUT2D eigenvalue weighted by Crippen LogP contribution is -2.45. The van der Waals surface area contributed by atoms with E-state index in [1.54, 1.807) is 17.0 Å². The number of Topliss-reactive ketones (excluding diaryl/α,β-unsaturated/α-hetero) is 1. The number of hydrogen-bond acceptors (Lipinski definition) is 3. The van der Waals surface area contributed by atoms with Crippen molar-refractivity contribution in [3.8, 4) is 5.75 Å². The van der Waals surface area contributed by atoms with Crippen LogP contribution in [0, 0.1) is 0 Å². The molecule has 0 atom stereocenters. The number of amides is 1. The summed E-state index contributed by atoms with van der Waals surface area (Å²) in [4.78, 5) is 29.4. The smallest absolute Gasteiger partial charge is 0.295 e. The summed E-state index contributed by atoms with van der Waals surface area (Å²) in [5.41, 5.74) is 0.839. The Bertz CT molecular complexity index is 678. The number of carbonyl (C=O) groups excluding carboxylic acids is 2. The zero-order valence-corrected chi connectivity index (χ0v) is 12.7. The molecule has 2 rings (SSSR count). The van der Waals surface area contributed by atoms with Crippen molar-refractivity contribution in [2.75, 3.05) is 0 Å². The zero-order chi connectivity index (χ0) is 15.7. The molecule has 0 saturated heterocycles. The number of phenolic OH excluding ortho intramolecular Hbond substituents is 1. The number of H-pyrrole nitrogens is 1. The maximum atomic E-state index is 12.5. The number of aromatic amines is 1. The van der Waals surface area contributed by atoms with E-state index in [4.69, 9.17) is 0 Å². The van der Waals surface area contributed by atoms with Gasteiger partial charge in [-0.05, 0) is 39.8 Å². The third-order valence-electron chi connectivity index (χ3n) is 3.47. The molecule has 2 N–H and O–H groups in total. The van der Waals surface area contributed by atoms with E-state index in [0.29, 0.717) is 10.9 Å². The monoisotopic (exact) mass is 288 g/mol. The number of aromatic nitrogens is 1. The van der Waals surface area contributed by atoms with Crippen LogP contribution in [0.4, 0.5) is 0 Å². The van der Waals surface area contributed by atoms with Gasteiger partial charge >= 0.3 is 0 Å². The van der Waals surface area contributed by atoms with Crippen LogP contribution >= 0.6 is 0 Å². The fraction of sp³-hybridized carbons (Fsp3) is 0.375. The van der Waals surface area contributed by atoms with E-state index >= 15 is 0 Å². The van der Waals surface area contributed by atoms with Crippen LogP contribution in [0.3, 0.4) is 0 Å². The molecule has 1 aromatic heterocycles. The van der Waals surface area contributed by atoms with Gasteiger partial charge in [-0.3, -0.25) is 9.59 Å². The fourth-order valence-electron chi connectivity index (χ4n) is 2.64. The molecule has 0 radical (unpaired) electrons. The molecule has 5 heteroatoms. The van der Waals surface area contributed by atoms with Crippen molar-refractivity contribution in [3.05, 3.63) is 30.0 Å². The predicted molar refractivity (Wildman–Crippen MR) is 81.4 cm³/mol. The molecule has 0 unspecified atom stereocenters. The molecule has 0 aliphatic heterocycles. The predicted octanol–water partition coefficient (Wildman–Crippen LogP) is 2.70. The first kappa shape index (κ1) is 15.1. The number of nitrogens with one attached hydrogen (secondary N) is 1. The van der Waals surface area contributed by atoms with Gasteiger partial charge in [0.2, 0.25) is 0 Å². The Labute approximate surface area is 123 Å². The Hall–Kier alpha value is -2.30. The minimum absolute atomic E-state index is 0.00876. The zero-order valence-electron chi connectivity index (χ0n) is 12.7. The lowest BCUT2D eigenvalue weighted by molar-refractivity contribution is -0.129. The van der Waals surface area contributed by atoms with Gasteiger partial charge in [0.05, 0.1) is 10.9 Å². The van der Waals surface area contributed by atoms with E-state index in [2.05, 4.69) is 4.98 Å². The molecule has 112 valence electrons. The first-order chi connectivity index (χ1) is 9.84. The Morgan fingerprint density at radius 3 is 2.33 bits per heavy atom. The van der Waals surface area contributed by atoms with Crippen LogP contribution in [0.2, 0.25) is 0 Å². The van der Waals surface area contributed by atoms with Gasteiger partial charge in [-0.25, -0.2) is 0 Å². The second-order valence-electron chi connectivity index (χ2n) is 5.63. The summed E-state index contributed by atoms with van der Waals surface area (Å²) in [5.74, 6) is -1.17. The summed E-state index contributed by atoms with van der Waals surface area (Å²) in [6, 6.07) is 4.79. The number of benzene rings is 1. The van der Waals surface area contributed by atoms with Crippen molar-refractivity contribution >= 4 is 22.6 Å². The summed E-state index contributed by atoms with van der Waals surface area (Å²) in [6.45, 7) is 7.49. The van der Waals surface area contributed by atoms with E-state index in [1.165, 1.54) is 12.3 Å². The average molecular weight is 288 g/mol. The summed E-state index contributed by atoms with van der Waals surface area (Å²) < 4.78 is 0. The van der Waals surface area contributed by atoms with Crippen molar-refractivity contribution in [1.29, 1.82) is 0 Å². The fourth-order valence-corrected chi connectivity index (χ4v) is 2.64. The van der Waals surface area contributed by atoms with Gasteiger partial charge in [0, 0.05) is 23.8 Å². The van der Waals surface area contributed by atoms with Gasteiger partial charge < -0.3 is 15.0 Å². The number of aromatic hydroxyl groups is 1. The molecular weight excluding hydrogens is 268 g/mol.